The Labute approximate surface area is 141 Å². The fourth-order valence-electron chi connectivity index (χ4n) is 1.76. The molecule has 2 rings (SSSR count). The van der Waals surface area contributed by atoms with Gasteiger partial charge >= 0.3 is 0 Å². The van der Waals surface area contributed by atoms with Gasteiger partial charge in [-0.3, -0.25) is 9.52 Å². The highest BCUT2D eigenvalue weighted by Crippen LogP contribution is 2.32. The summed E-state index contributed by atoms with van der Waals surface area (Å²) in [6, 6.07) is 7.36. The van der Waals surface area contributed by atoms with E-state index in [9.17, 15) is 9.18 Å². The van der Waals surface area contributed by atoms with E-state index in [1.54, 1.807) is 25.3 Å². The van der Waals surface area contributed by atoms with Gasteiger partial charge in [0.25, 0.3) is 5.91 Å². The molecule has 22 heavy (non-hydrogen) atoms. The van der Waals surface area contributed by atoms with Crippen LogP contribution >= 0.6 is 35.1 Å². The third-order valence-electron chi connectivity index (χ3n) is 2.82. The lowest BCUT2D eigenvalue weighted by molar-refractivity contribution is 0.0980. The summed E-state index contributed by atoms with van der Waals surface area (Å²) in [4.78, 5) is 11.7. The van der Waals surface area contributed by atoms with Crippen molar-refractivity contribution < 1.29 is 13.9 Å². The Morgan fingerprint density at radius 2 is 1.95 bits per heavy atom. The summed E-state index contributed by atoms with van der Waals surface area (Å²) >= 11 is 12.8. The van der Waals surface area contributed by atoms with Crippen LogP contribution in [0.1, 0.15) is 15.9 Å². The van der Waals surface area contributed by atoms with Crippen LogP contribution in [0.5, 0.6) is 11.5 Å². The maximum Gasteiger partial charge on any atom is 0.264 e. The molecule has 2 aromatic carbocycles. The van der Waals surface area contributed by atoms with Crippen LogP contribution in [0.25, 0.3) is 0 Å². The summed E-state index contributed by atoms with van der Waals surface area (Å²) in [5.41, 5.74) is 0.590. The van der Waals surface area contributed by atoms with E-state index >= 15 is 0 Å². The zero-order valence-corrected chi connectivity index (χ0v) is 14.1. The van der Waals surface area contributed by atoms with Gasteiger partial charge in [0, 0.05) is 18.4 Å². The van der Waals surface area contributed by atoms with E-state index in [4.69, 9.17) is 27.9 Å². The molecule has 3 nitrogen and oxygen atoms in total. The second kappa shape index (κ2) is 7.22. The van der Waals surface area contributed by atoms with E-state index < -0.39 is 11.7 Å². The van der Waals surface area contributed by atoms with Gasteiger partial charge in [-0.2, -0.15) is 0 Å². The van der Waals surface area contributed by atoms with Crippen molar-refractivity contribution in [1.29, 1.82) is 0 Å². The second-order valence-electron chi connectivity index (χ2n) is 4.41. The average molecular weight is 360 g/mol. The van der Waals surface area contributed by atoms with E-state index in [2.05, 4.69) is 4.72 Å². The molecule has 1 amide bonds. The third kappa shape index (κ3) is 3.85. The van der Waals surface area contributed by atoms with E-state index in [1.165, 1.54) is 18.2 Å². The number of halogens is 3. The van der Waals surface area contributed by atoms with Gasteiger partial charge in [0.15, 0.2) is 0 Å². The molecular weight excluding hydrogens is 348 g/mol. The lowest BCUT2D eigenvalue weighted by Gasteiger charge is -2.12. The summed E-state index contributed by atoms with van der Waals surface area (Å²) in [6.45, 7) is 1.72. The number of carbonyl (C=O) groups excluding carboxylic acids is 1. The van der Waals surface area contributed by atoms with Crippen LogP contribution in [-0.4, -0.2) is 12.2 Å². The molecule has 0 bridgehead atoms. The SMILES string of the molecule is CSNC(=O)c1cc(C)c(Oc2ccc(Cl)c(Cl)c2)cc1F. The van der Waals surface area contributed by atoms with E-state index in [-0.39, 0.29) is 5.56 Å². The standard InChI is InChI=1S/C15H12Cl2FNO2S/c1-8-5-10(15(20)19-22-2)13(18)7-14(8)21-9-3-4-11(16)12(17)6-9/h3-7H,1-2H3,(H,19,20). The van der Waals surface area contributed by atoms with E-state index in [1.807, 2.05) is 0 Å². The molecule has 0 radical (unpaired) electrons. The number of amides is 1. The Morgan fingerprint density at radius 1 is 1.23 bits per heavy atom. The maximum atomic E-state index is 14.1. The van der Waals surface area contributed by atoms with Crippen molar-refractivity contribution >= 4 is 41.1 Å². The fraction of sp³-hybridized carbons (Fsp3) is 0.133. The summed E-state index contributed by atoms with van der Waals surface area (Å²) in [6.07, 6.45) is 1.68. The number of rotatable bonds is 4. The van der Waals surface area contributed by atoms with Gasteiger partial charge in [-0.15, -0.1) is 0 Å². The Kier molecular flexibility index (Phi) is 5.56. The Hall–Kier alpha value is -1.43. The quantitative estimate of drug-likeness (QED) is 0.758. The summed E-state index contributed by atoms with van der Waals surface area (Å²) < 4.78 is 22.1. The Morgan fingerprint density at radius 3 is 2.59 bits per heavy atom. The van der Waals surface area contributed by atoms with Gasteiger partial charge in [-0.1, -0.05) is 35.1 Å². The largest absolute Gasteiger partial charge is 0.457 e. The number of carbonyl (C=O) groups is 1. The van der Waals surface area contributed by atoms with Crippen LogP contribution in [0.15, 0.2) is 30.3 Å². The first-order valence-electron chi connectivity index (χ1n) is 6.18. The highest BCUT2D eigenvalue weighted by atomic mass is 35.5. The second-order valence-corrected chi connectivity index (χ2v) is 5.84. The molecule has 0 heterocycles. The number of nitrogens with one attached hydrogen (secondary N) is 1. The first-order valence-corrected chi connectivity index (χ1v) is 8.17. The van der Waals surface area contributed by atoms with Crippen molar-refractivity contribution in [2.75, 3.05) is 6.26 Å². The van der Waals surface area contributed by atoms with Crippen molar-refractivity contribution in [3.05, 3.63) is 57.3 Å². The predicted molar refractivity (Wildman–Crippen MR) is 88.7 cm³/mol. The van der Waals surface area contributed by atoms with Gasteiger partial charge < -0.3 is 4.74 Å². The Balaban J connectivity index is 2.30. The van der Waals surface area contributed by atoms with Gasteiger partial charge in [-0.05, 0) is 30.7 Å². The van der Waals surface area contributed by atoms with Crippen LogP contribution in [0.4, 0.5) is 4.39 Å². The minimum atomic E-state index is -0.660. The molecule has 0 aliphatic carbocycles. The number of aryl methyl sites for hydroxylation is 1. The summed E-state index contributed by atoms with van der Waals surface area (Å²) in [7, 11) is 0. The third-order valence-corrected chi connectivity index (χ3v) is 3.95. The molecule has 0 saturated carbocycles. The minimum Gasteiger partial charge on any atom is -0.457 e. The highest BCUT2D eigenvalue weighted by Gasteiger charge is 2.15. The van der Waals surface area contributed by atoms with Gasteiger partial charge in [0.2, 0.25) is 0 Å². The number of hydrogen-bond acceptors (Lipinski definition) is 3. The lowest BCUT2D eigenvalue weighted by atomic mass is 10.1. The van der Waals surface area contributed by atoms with Crippen molar-refractivity contribution in [2.24, 2.45) is 0 Å². The first kappa shape index (κ1) is 16.9. The molecule has 0 aliphatic heterocycles. The van der Waals surface area contributed by atoms with Crippen molar-refractivity contribution in [2.45, 2.75) is 6.92 Å². The zero-order valence-electron chi connectivity index (χ0n) is 11.7. The molecule has 0 aromatic heterocycles. The summed E-state index contributed by atoms with van der Waals surface area (Å²) in [5, 5.41) is 0.745. The lowest BCUT2D eigenvalue weighted by Crippen LogP contribution is -2.17. The molecule has 0 unspecified atom stereocenters. The van der Waals surface area contributed by atoms with Crippen LogP contribution in [0.3, 0.4) is 0 Å². The first-order chi connectivity index (χ1) is 10.4. The number of ether oxygens (including phenoxy) is 1. The monoisotopic (exact) mass is 359 g/mol. The molecular formula is C15H12Cl2FNO2S. The van der Waals surface area contributed by atoms with Gasteiger partial charge in [-0.25, -0.2) is 4.39 Å². The molecule has 7 heteroatoms. The highest BCUT2D eigenvalue weighted by molar-refractivity contribution is 7.97. The van der Waals surface area contributed by atoms with Crippen LogP contribution in [-0.2, 0) is 0 Å². The zero-order chi connectivity index (χ0) is 16.3. The average Bonchev–Trinajstić information content (AvgIpc) is 2.46. The molecule has 0 spiro atoms. The van der Waals surface area contributed by atoms with Crippen molar-refractivity contribution in [3.8, 4) is 11.5 Å². The van der Waals surface area contributed by atoms with E-state index in [0.29, 0.717) is 27.1 Å². The molecule has 0 fully saturated rings. The van der Waals surface area contributed by atoms with Crippen molar-refractivity contribution in [3.63, 3.8) is 0 Å². The summed E-state index contributed by atoms with van der Waals surface area (Å²) in [5.74, 6) is -0.420. The van der Waals surface area contributed by atoms with Gasteiger partial charge in [0.1, 0.15) is 17.3 Å². The number of benzene rings is 2. The van der Waals surface area contributed by atoms with Gasteiger partial charge in [0.05, 0.1) is 15.6 Å². The topological polar surface area (TPSA) is 38.3 Å². The maximum absolute atomic E-state index is 14.1. The van der Waals surface area contributed by atoms with Crippen molar-refractivity contribution in [1.82, 2.24) is 4.72 Å². The molecule has 2 aromatic rings. The molecule has 116 valence electrons. The minimum absolute atomic E-state index is 0.0339. The van der Waals surface area contributed by atoms with Crippen LogP contribution in [0.2, 0.25) is 10.0 Å². The molecule has 1 N–H and O–H groups in total. The smallest absolute Gasteiger partial charge is 0.264 e. The molecule has 0 saturated heterocycles. The van der Waals surface area contributed by atoms with Crippen LogP contribution < -0.4 is 9.46 Å². The normalized spacial score (nSPS) is 10.4. The molecule has 0 atom stereocenters. The fourth-order valence-corrected chi connectivity index (χ4v) is 2.35. The van der Waals surface area contributed by atoms with E-state index in [0.717, 1.165) is 11.9 Å². The van der Waals surface area contributed by atoms with Crippen LogP contribution in [0, 0.1) is 12.7 Å². The predicted octanol–water partition coefficient (Wildman–Crippen LogP) is 5.24. The Bertz CT molecular complexity index is 725. The molecule has 0 aliphatic rings. The number of hydrogen-bond donors (Lipinski definition) is 1.